The zero-order valence-corrected chi connectivity index (χ0v) is 16.3. The maximum Gasteiger partial charge on any atom is 0.229 e. The molecule has 1 aliphatic rings. The summed E-state index contributed by atoms with van der Waals surface area (Å²) in [5.74, 6) is -0.232. The predicted molar refractivity (Wildman–Crippen MR) is 106 cm³/mol. The number of nitrogens with zero attached hydrogens (tertiary/aromatic N) is 3. The molecule has 2 aromatic heterocycles. The van der Waals surface area contributed by atoms with E-state index in [1.807, 2.05) is 13.8 Å². The van der Waals surface area contributed by atoms with Crippen molar-refractivity contribution in [2.75, 3.05) is 5.32 Å². The highest BCUT2D eigenvalue weighted by molar-refractivity contribution is 5.77. The van der Waals surface area contributed by atoms with Crippen LogP contribution in [0.15, 0.2) is 24.5 Å². The van der Waals surface area contributed by atoms with E-state index < -0.39 is 5.82 Å². The quantitative estimate of drug-likeness (QED) is 0.766. The lowest BCUT2D eigenvalue weighted by molar-refractivity contribution is 0.0931. The van der Waals surface area contributed by atoms with E-state index in [1.54, 1.807) is 6.07 Å². The third-order valence-corrected chi connectivity index (χ3v) is 4.49. The van der Waals surface area contributed by atoms with Crippen molar-refractivity contribution in [2.24, 2.45) is 0 Å². The van der Waals surface area contributed by atoms with Crippen LogP contribution in [0, 0.1) is 11.2 Å². The second-order valence-electron chi connectivity index (χ2n) is 6.42. The molecular formula is C20H30FN5O. The van der Waals surface area contributed by atoms with E-state index in [-0.39, 0.29) is 24.7 Å². The minimum atomic E-state index is -0.482. The summed E-state index contributed by atoms with van der Waals surface area (Å²) in [6, 6.07) is 3.38. The number of carbonyl (C=O) groups is 1. The molecule has 3 rings (SSSR count). The van der Waals surface area contributed by atoms with E-state index in [2.05, 4.69) is 15.3 Å². The number of hydrogen-bond acceptors (Lipinski definition) is 5. The van der Waals surface area contributed by atoms with Crippen molar-refractivity contribution in [2.45, 2.75) is 65.3 Å². The fourth-order valence-electron chi connectivity index (χ4n) is 3.12. The van der Waals surface area contributed by atoms with E-state index in [0.717, 1.165) is 31.9 Å². The van der Waals surface area contributed by atoms with E-state index >= 15 is 0 Å². The maximum absolute atomic E-state index is 14.1. The van der Waals surface area contributed by atoms with Crippen LogP contribution in [-0.2, 0) is 0 Å². The summed E-state index contributed by atoms with van der Waals surface area (Å²) in [6.07, 6.45) is 9.40. The molecule has 0 atom stereocenters. The highest BCUT2D eigenvalue weighted by Crippen LogP contribution is 2.23. The summed E-state index contributed by atoms with van der Waals surface area (Å²) >= 11 is 0. The molecule has 0 spiro atoms. The van der Waals surface area contributed by atoms with Crippen molar-refractivity contribution in [3.05, 3.63) is 35.8 Å². The first-order valence-corrected chi connectivity index (χ1v) is 9.62. The van der Waals surface area contributed by atoms with E-state index in [1.165, 1.54) is 36.6 Å². The van der Waals surface area contributed by atoms with Crippen LogP contribution in [0.2, 0.25) is 0 Å². The first-order valence-electron chi connectivity index (χ1n) is 9.62. The Labute approximate surface area is 160 Å². The van der Waals surface area contributed by atoms with Gasteiger partial charge in [0, 0.05) is 26.2 Å². The Hall–Kier alpha value is -2.57. The van der Waals surface area contributed by atoms with Gasteiger partial charge in [0.25, 0.3) is 0 Å². The number of nitrogens with one attached hydrogen (secondary N) is 2. The Morgan fingerprint density at radius 3 is 2.56 bits per heavy atom. The molecule has 6 nitrogen and oxygen atoms in total. The van der Waals surface area contributed by atoms with E-state index in [4.69, 9.17) is 5.41 Å². The molecule has 0 aromatic carbocycles. The number of carbonyl (C=O) groups excluding carboxylic acids is 1. The summed E-state index contributed by atoms with van der Waals surface area (Å²) < 4.78 is 15.3. The van der Waals surface area contributed by atoms with Crippen LogP contribution in [-0.4, -0.2) is 26.5 Å². The van der Waals surface area contributed by atoms with Crippen LogP contribution in [0.5, 0.6) is 0 Å². The van der Waals surface area contributed by atoms with Gasteiger partial charge in [0.2, 0.25) is 5.91 Å². The highest BCUT2D eigenvalue weighted by Gasteiger charge is 2.16. The second-order valence-corrected chi connectivity index (χ2v) is 6.42. The zero-order valence-electron chi connectivity index (χ0n) is 16.3. The van der Waals surface area contributed by atoms with Crippen molar-refractivity contribution >= 4 is 11.7 Å². The summed E-state index contributed by atoms with van der Waals surface area (Å²) in [5, 5.41) is 11.0. The monoisotopic (exact) mass is 375 g/mol. The topological polar surface area (TPSA) is 83.7 Å². The number of anilines is 1. The summed E-state index contributed by atoms with van der Waals surface area (Å²) in [5.41, 5.74) is 0.644. The van der Waals surface area contributed by atoms with E-state index in [0.29, 0.717) is 11.4 Å². The van der Waals surface area contributed by atoms with Crippen molar-refractivity contribution < 1.29 is 10.6 Å². The Kier molecular flexibility index (Phi) is 7.64. The van der Waals surface area contributed by atoms with Gasteiger partial charge in [0.1, 0.15) is 5.49 Å². The van der Waals surface area contributed by atoms with Gasteiger partial charge < -0.3 is 5.32 Å². The van der Waals surface area contributed by atoms with Gasteiger partial charge >= 0.3 is 0 Å². The standard InChI is InChI=1S/C18H22FN5O.C2H6.H2/c1-12(25)24-11-13(8-9-16(24)20)17-21-10-15(19)18(23-17)22-14-6-4-2-3-5-7-14;1-2;/h8-11,14,20H,2-7H2,1H3,(H,21,22,23);1-2H3;1H. The third-order valence-electron chi connectivity index (χ3n) is 4.49. The molecule has 27 heavy (non-hydrogen) atoms. The van der Waals surface area contributed by atoms with E-state index in [9.17, 15) is 9.18 Å². The molecule has 1 saturated carbocycles. The third kappa shape index (κ3) is 5.45. The van der Waals surface area contributed by atoms with Gasteiger partial charge in [0.15, 0.2) is 17.5 Å². The van der Waals surface area contributed by atoms with Gasteiger partial charge in [-0.05, 0) is 25.0 Å². The van der Waals surface area contributed by atoms with Crippen LogP contribution in [0.25, 0.3) is 11.4 Å². The lowest BCUT2D eigenvalue weighted by Crippen LogP contribution is -2.23. The number of halogens is 1. The highest BCUT2D eigenvalue weighted by atomic mass is 19.1. The maximum atomic E-state index is 14.1. The van der Waals surface area contributed by atoms with Crippen LogP contribution in [0.4, 0.5) is 10.2 Å². The number of pyridine rings is 1. The average Bonchev–Trinajstić information content (AvgIpc) is 2.94. The Morgan fingerprint density at radius 1 is 1.26 bits per heavy atom. The molecule has 0 aliphatic heterocycles. The van der Waals surface area contributed by atoms with Gasteiger partial charge in [-0.1, -0.05) is 39.5 Å². The van der Waals surface area contributed by atoms with Crippen LogP contribution < -0.4 is 10.8 Å². The van der Waals surface area contributed by atoms with Crippen molar-refractivity contribution in [1.82, 2.24) is 14.5 Å². The first kappa shape index (κ1) is 20.7. The van der Waals surface area contributed by atoms with Gasteiger partial charge in [-0.3, -0.25) is 14.8 Å². The predicted octanol–water partition coefficient (Wildman–Crippen LogP) is 4.63. The van der Waals surface area contributed by atoms with Gasteiger partial charge in [-0.15, -0.1) is 0 Å². The fourth-order valence-corrected chi connectivity index (χ4v) is 3.12. The fraction of sp³-hybridized carbons (Fsp3) is 0.500. The number of hydrogen-bond donors (Lipinski definition) is 2. The molecule has 2 N–H and O–H groups in total. The van der Waals surface area contributed by atoms with Crippen molar-refractivity contribution in [3.63, 3.8) is 0 Å². The molecule has 1 aliphatic carbocycles. The Morgan fingerprint density at radius 2 is 1.93 bits per heavy atom. The molecule has 2 aromatic rings. The lowest BCUT2D eigenvalue weighted by Gasteiger charge is -2.17. The first-order chi connectivity index (χ1) is 13.0. The van der Waals surface area contributed by atoms with Gasteiger partial charge in [0.05, 0.1) is 6.20 Å². The van der Waals surface area contributed by atoms with Crippen LogP contribution in [0.1, 0.15) is 65.5 Å². The van der Waals surface area contributed by atoms with Crippen LogP contribution >= 0.6 is 0 Å². The molecule has 0 unspecified atom stereocenters. The minimum Gasteiger partial charge on any atom is -0.365 e. The molecule has 0 radical (unpaired) electrons. The minimum absolute atomic E-state index is 0. The number of aromatic nitrogens is 3. The summed E-state index contributed by atoms with van der Waals surface area (Å²) in [6.45, 7) is 5.38. The zero-order chi connectivity index (χ0) is 19.8. The molecule has 0 bridgehead atoms. The van der Waals surface area contributed by atoms with Gasteiger partial charge in [-0.2, -0.15) is 0 Å². The molecule has 148 valence electrons. The average molecular weight is 375 g/mol. The largest absolute Gasteiger partial charge is 0.365 e. The molecule has 2 heterocycles. The van der Waals surface area contributed by atoms with Crippen LogP contribution in [0.3, 0.4) is 0 Å². The van der Waals surface area contributed by atoms with Gasteiger partial charge in [-0.25, -0.2) is 14.4 Å². The Balaban J connectivity index is 0.00000127. The SMILES string of the molecule is CC.CC(=O)n1cc(-c2ncc(F)c(NC3CCCCCC3)n2)ccc1=N.[HH]. The summed E-state index contributed by atoms with van der Waals surface area (Å²) in [4.78, 5) is 19.9. The molecule has 7 heteroatoms. The van der Waals surface area contributed by atoms with Crippen molar-refractivity contribution in [1.29, 1.82) is 5.41 Å². The number of rotatable bonds is 3. The molecular weight excluding hydrogens is 345 g/mol. The smallest absolute Gasteiger partial charge is 0.229 e. The second kappa shape index (κ2) is 9.94. The summed E-state index contributed by atoms with van der Waals surface area (Å²) in [7, 11) is 0. The normalized spacial score (nSPS) is 14.7. The van der Waals surface area contributed by atoms with Crippen molar-refractivity contribution in [3.8, 4) is 11.4 Å². The lowest BCUT2D eigenvalue weighted by atomic mass is 10.1. The molecule has 0 saturated heterocycles. The molecule has 1 fully saturated rings. The molecule has 0 amide bonds. The Bertz CT molecular complexity index is 832.